The molecule has 0 saturated carbocycles. The molecule has 6 nitrogen and oxygen atoms in total. The monoisotopic (exact) mass is 492 g/mol. The van der Waals surface area contributed by atoms with Gasteiger partial charge in [-0.1, -0.05) is 48.5 Å². The maximum absolute atomic E-state index is 15.4. The molecular formula is C29H33FN2O4. The van der Waals surface area contributed by atoms with Gasteiger partial charge in [0.05, 0.1) is 19.1 Å². The lowest BCUT2D eigenvalue weighted by molar-refractivity contribution is -0.136. The number of carboxylic acid groups (broad SMARTS) is 1. The van der Waals surface area contributed by atoms with Crippen LogP contribution in [0.4, 0.5) is 4.39 Å². The first-order chi connectivity index (χ1) is 17.4. The minimum atomic E-state index is -0.917. The highest BCUT2D eigenvalue weighted by atomic mass is 19.1. The Bertz CT molecular complexity index is 1190. The average molecular weight is 493 g/mol. The lowest BCUT2D eigenvalue weighted by atomic mass is 9.94. The number of carboxylic acids is 1. The summed E-state index contributed by atoms with van der Waals surface area (Å²) in [7, 11) is 0. The number of benzene rings is 3. The van der Waals surface area contributed by atoms with Crippen molar-refractivity contribution < 1.29 is 23.8 Å². The molecule has 0 radical (unpaired) electrons. The normalized spacial score (nSPS) is 16.5. The Hall–Kier alpha value is -3.26. The Labute approximate surface area is 211 Å². The highest BCUT2D eigenvalue weighted by Gasteiger charge is 2.17. The van der Waals surface area contributed by atoms with Crippen molar-refractivity contribution in [1.82, 2.24) is 5.32 Å². The van der Waals surface area contributed by atoms with Crippen LogP contribution >= 0.6 is 0 Å². The highest BCUT2D eigenvalue weighted by Crippen LogP contribution is 2.30. The van der Waals surface area contributed by atoms with Gasteiger partial charge in [0.15, 0.2) is 0 Å². The number of morpholine rings is 1. The molecule has 190 valence electrons. The number of rotatable bonds is 10. The summed E-state index contributed by atoms with van der Waals surface area (Å²) in [5.41, 5.74) is 10.3. The van der Waals surface area contributed by atoms with E-state index in [2.05, 4.69) is 11.4 Å². The Morgan fingerprint density at radius 3 is 2.75 bits per heavy atom. The molecule has 0 spiro atoms. The molecule has 36 heavy (non-hydrogen) atoms. The van der Waals surface area contributed by atoms with E-state index in [-0.39, 0.29) is 24.9 Å². The highest BCUT2D eigenvalue weighted by molar-refractivity contribution is 5.71. The fourth-order valence-electron chi connectivity index (χ4n) is 4.52. The van der Waals surface area contributed by atoms with Gasteiger partial charge >= 0.3 is 5.97 Å². The second-order valence-electron chi connectivity index (χ2n) is 9.24. The number of halogens is 1. The Morgan fingerprint density at radius 1 is 1.19 bits per heavy atom. The fraction of sp³-hybridized carbons (Fsp3) is 0.345. The molecule has 7 heteroatoms. The zero-order valence-corrected chi connectivity index (χ0v) is 20.5. The summed E-state index contributed by atoms with van der Waals surface area (Å²) in [6.45, 7) is 4.39. The van der Waals surface area contributed by atoms with E-state index in [0.29, 0.717) is 29.0 Å². The number of para-hydroxylation sites is 1. The summed E-state index contributed by atoms with van der Waals surface area (Å²) in [6.07, 6.45) is 1.65. The van der Waals surface area contributed by atoms with E-state index in [1.807, 2.05) is 24.3 Å². The zero-order valence-electron chi connectivity index (χ0n) is 20.5. The molecule has 4 N–H and O–H groups in total. The molecule has 1 fully saturated rings. The van der Waals surface area contributed by atoms with Crippen molar-refractivity contribution in [3.63, 3.8) is 0 Å². The predicted molar refractivity (Wildman–Crippen MR) is 137 cm³/mol. The van der Waals surface area contributed by atoms with Crippen LogP contribution in [0.3, 0.4) is 0 Å². The van der Waals surface area contributed by atoms with E-state index in [9.17, 15) is 9.90 Å². The molecule has 3 aromatic rings. The molecule has 2 atom stereocenters. The third-order valence-corrected chi connectivity index (χ3v) is 6.35. The smallest absolute Gasteiger partial charge is 0.307 e. The van der Waals surface area contributed by atoms with Crippen LogP contribution in [0.15, 0.2) is 60.7 Å². The van der Waals surface area contributed by atoms with Crippen molar-refractivity contribution in [1.29, 1.82) is 0 Å². The van der Waals surface area contributed by atoms with Crippen LogP contribution in [-0.2, 0) is 29.0 Å². The van der Waals surface area contributed by atoms with Crippen LogP contribution in [-0.4, -0.2) is 36.9 Å². The Kier molecular flexibility index (Phi) is 8.70. The van der Waals surface area contributed by atoms with Gasteiger partial charge in [-0.25, -0.2) is 4.39 Å². The molecule has 0 amide bonds. The first-order valence-corrected chi connectivity index (χ1v) is 12.3. The maximum atomic E-state index is 15.4. The van der Waals surface area contributed by atoms with Crippen molar-refractivity contribution in [3.05, 3.63) is 88.7 Å². The number of aliphatic carboxylic acids is 1. The average Bonchev–Trinajstić information content (AvgIpc) is 2.87. The van der Waals surface area contributed by atoms with Gasteiger partial charge in [-0.2, -0.15) is 0 Å². The van der Waals surface area contributed by atoms with Gasteiger partial charge in [-0.05, 0) is 48.6 Å². The van der Waals surface area contributed by atoms with E-state index < -0.39 is 12.0 Å². The zero-order chi connectivity index (χ0) is 25.5. The summed E-state index contributed by atoms with van der Waals surface area (Å²) in [5.74, 6) is -0.707. The first kappa shape index (κ1) is 25.8. The fourth-order valence-corrected chi connectivity index (χ4v) is 4.52. The number of ether oxygens (including phenoxy) is 2. The number of aryl methyl sites for hydroxylation is 1. The summed E-state index contributed by atoms with van der Waals surface area (Å²) in [4.78, 5) is 11.2. The summed E-state index contributed by atoms with van der Waals surface area (Å²) in [5, 5.41) is 12.6. The van der Waals surface area contributed by atoms with Crippen LogP contribution in [0.5, 0.6) is 5.75 Å². The minimum absolute atomic E-state index is 0.119. The second kappa shape index (κ2) is 12.1. The van der Waals surface area contributed by atoms with Gasteiger partial charge in [0.25, 0.3) is 0 Å². The van der Waals surface area contributed by atoms with Crippen molar-refractivity contribution in [2.75, 3.05) is 19.7 Å². The van der Waals surface area contributed by atoms with E-state index in [1.54, 1.807) is 37.3 Å². The second-order valence-corrected chi connectivity index (χ2v) is 9.24. The number of nitrogens with two attached hydrogens (primary N) is 1. The van der Waals surface area contributed by atoms with Crippen LogP contribution in [0, 0.1) is 5.82 Å². The van der Waals surface area contributed by atoms with Gasteiger partial charge in [0, 0.05) is 35.8 Å². The number of hydrogen-bond donors (Lipinski definition) is 3. The van der Waals surface area contributed by atoms with Crippen LogP contribution in [0.2, 0.25) is 0 Å². The molecule has 1 aliphatic heterocycles. The van der Waals surface area contributed by atoms with Gasteiger partial charge in [-0.3, -0.25) is 4.79 Å². The third kappa shape index (κ3) is 6.69. The first-order valence-electron chi connectivity index (χ1n) is 12.3. The van der Waals surface area contributed by atoms with Crippen molar-refractivity contribution in [2.45, 2.75) is 44.9 Å². The molecule has 1 unspecified atom stereocenters. The van der Waals surface area contributed by atoms with E-state index >= 15 is 4.39 Å². The molecule has 1 saturated heterocycles. The number of nitrogens with one attached hydrogen (secondary N) is 1. The van der Waals surface area contributed by atoms with E-state index in [4.69, 9.17) is 15.2 Å². The van der Waals surface area contributed by atoms with Gasteiger partial charge in [-0.15, -0.1) is 0 Å². The quantitative estimate of drug-likeness (QED) is 0.382. The Balaban J connectivity index is 1.62. The molecule has 0 aliphatic carbocycles. The van der Waals surface area contributed by atoms with Crippen LogP contribution < -0.4 is 15.8 Å². The van der Waals surface area contributed by atoms with Crippen molar-refractivity contribution in [3.8, 4) is 16.9 Å². The molecule has 1 aliphatic rings. The predicted octanol–water partition coefficient (Wildman–Crippen LogP) is 4.64. The lowest BCUT2D eigenvalue weighted by Crippen LogP contribution is -2.38. The topological polar surface area (TPSA) is 93.8 Å². The minimum Gasteiger partial charge on any atom is -0.489 e. The van der Waals surface area contributed by atoms with E-state index in [0.717, 1.165) is 42.6 Å². The molecule has 4 rings (SSSR count). The van der Waals surface area contributed by atoms with Gasteiger partial charge in [0.2, 0.25) is 0 Å². The number of carbonyl (C=O) groups is 1. The molecule has 0 aromatic heterocycles. The lowest BCUT2D eigenvalue weighted by Gasteiger charge is -2.23. The van der Waals surface area contributed by atoms with Gasteiger partial charge in [0.1, 0.15) is 18.2 Å². The molecular weight excluding hydrogens is 459 g/mol. The van der Waals surface area contributed by atoms with Crippen molar-refractivity contribution in [2.24, 2.45) is 5.73 Å². The maximum Gasteiger partial charge on any atom is 0.307 e. The van der Waals surface area contributed by atoms with Gasteiger partial charge < -0.3 is 25.6 Å². The molecule has 3 aromatic carbocycles. The largest absolute Gasteiger partial charge is 0.489 e. The Morgan fingerprint density at radius 2 is 2.00 bits per heavy atom. The van der Waals surface area contributed by atoms with Crippen LogP contribution in [0.25, 0.3) is 11.1 Å². The van der Waals surface area contributed by atoms with E-state index in [1.165, 1.54) is 0 Å². The standard InChI is InChI=1S/C29H33FN2O4/c1-19(31)25-6-4-7-26(29(25)30)23-14-20(9-10-24-17-32-11-12-35-24)13-21(15-23)18-36-27-8-3-2-5-22(27)16-28(33)34/h2-8,13-15,19,24,32H,9-12,16-18,31H2,1H3,(H,33,34)/t19-,24?/m1/s1. The summed E-state index contributed by atoms with van der Waals surface area (Å²) in [6, 6.07) is 18.0. The summed E-state index contributed by atoms with van der Waals surface area (Å²) < 4.78 is 27.3. The SMILES string of the molecule is C[C@@H](N)c1cccc(-c2cc(CCC3CNCCO3)cc(COc3ccccc3CC(=O)O)c2)c1F. The molecule has 0 bridgehead atoms. The summed E-state index contributed by atoms with van der Waals surface area (Å²) >= 11 is 0. The number of hydrogen-bond acceptors (Lipinski definition) is 5. The van der Waals surface area contributed by atoms with Crippen LogP contribution in [0.1, 0.15) is 41.6 Å². The van der Waals surface area contributed by atoms with Crippen molar-refractivity contribution >= 4 is 5.97 Å². The third-order valence-electron chi connectivity index (χ3n) is 6.35. The molecule has 1 heterocycles.